The molecule has 3 aromatic rings. The Hall–Kier alpha value is -2.48. The van der Waals surface area contributed by atoms with E-state index in [1.165, 1.54) is 13.2 Å². The van der Waals surface area contributed by atoms with Gasteiger partial charge in [0.05, 0.1) is 18.0 Å². The van der Waals surface area contributed by atoms with Gasteiger partial charge in [-0.25, -0.2) is 0 Å². The first-order chi connectivity index (χ1) is 9.02. The Morgan fingerprint density at radius 1 is 1.26 bits per heavy atom. The molecule has 2 aromatic heterocycles. The molecule has 0 saturated carbocycles. The molecule has 8 heteroatoms. The van der Waals surface area contributed by atoms with Crippen LogP contribution in [0, 0.1) is 4.77 Å². The van der Waals surface area contributed by atoms with Crippen molar-refractivity contribution in [2.24, 2.45) is 0 Å². The van der Waals surface area contributed by atoms with E-state index in [0.717, 1.165) is 0 Å². The lowest BCUT2D eigenvalue weighted by Gasteiger charge is -2.06. The molecule has 1 aromatic carbocycles. The summed E-state index contributed by atoms with van der Waals surface area (Å²) in [4.78, 5) is 20.1. The summed E-state index contributed by atoms with van der Waals surface area (Å²) in [5.74, 6) is -0.700. The van der Waals surface area contributed by atoms with Crippen LogP contribution in [-0.2, 0) is 0 Å². The van der Waals surface area contributed by atoms with Crippen molar-refractivity contribution >= 4 is 34.2 Å². The third-order valence-electron chi connectivity index (χ3n) is 2.90. The van der Waals surface area contributed by atoms with Crippen molar-refractivity contribution in [2.45, 2.75) is 0 Å². The van der Waals surface area contributed by atoms with Gasteiger partial charge in [-0.15, -0.1) is 0 Å². The van der Waals surface area contributed by atoms with Gasteiger partial charge in [0.1, 0.15) is 5.65 Å². The lowest BCUT2D eigenvalue weighted by molar-refractivity contribution is 0.354. The number of aromatic nitrogens is 3. The number of phenols is 2. The minimum atomic E-state index is -0.392. The highest BCUT2D eigenvalue weighted by Gasteiger charge is 2.18. The molecule has 5 N–H and O–H groups in total. The van der Waals surface area contributed by atoms with Crippen LogP contribution in [0.4, 0.5) is 0 Å². The van der Waals surface area contributed by atoms with Gasteiger partial charge in [0.25, 0.3) is 5.56 Å². The van der Waals surface area contributed by atoms with Crippen LogP contribution in [0.1, 0.15) is 0 Å². The number of nitrogens with one attached hydrogen (secondary N) is 3. The highest BCUT2D eigenvalue weighted by Crippen LogP contribution is 2.42. The van der Waals surface area contributed by atoms with E-state index in [1.807, 2.05) is 0 Å². The molecule has 0 radical (unpaired) electrons. The van der Waals surface area contributed by atoms with Crippen molar-refractivity contribution in [1.29, 1.82) is 0 Å². The molecule has 0 amide bonds. The Morgan fingerprint density at radius 3 is 2.68 bits per heavy atom. The summed E-state index contributed by atoms with van der Waals surface area (Å²) in [6.07, 6.45) is 0. The molecule has 0 aliphatic rings. The van der Waals surface area contributed by atoms with Crippen LogP contribution in [0.15, 0.2) is 10.9 Å². The van der Waals surface area contributed by atoms with Crippen molar-refractivity contribution in [1.82, 2.24) is 15.0 Å². The molecule has 7 nitrogen and oxygen atoms in total. The molecule has 0 aliphatic heterocycles. The van der Waals surface area contributed by atoms with Gasteiger partial charge in [-0.2, -0.15) is 0 Å². The number of methoxy groups -OCH3 is 1. The van der Waals surface area contributed by atoms with Gasteiger partial charge >= 0.3 is 0 Å². The standard InChI is InChI=1S/C11H9N3O4S/c1-18-8-6-3(2-4(15)7(8)16)5-9(12-6)13-11(19)14-10(5)17/h2,15-16H,1H3,(H3,12,13,14,17,19). The fourth-order valence-electron chi connectivity index (χ4n) is 2.12. The molecule has 0 unspecified atom stereocenters. The van der Waals surface area contributed by atoms with Gasteiger partial charge < -0.3 is 24.9 Å². The summed E-state index contributed by atoms with van der Waals surface area (Å²) in [6, 6.07) is 1.29. The van der Waals surface area contributed by atoms with Crippen LogP contribution in [-0.4, -0.2) is 32.3 Å². The number of fused-ring (bicyclic) bond motifs is 3. The molecule has 3 rings (SSSR count). The maximum absolute atomic E-state index is 11.9. The lowest BCUT2D eigenvalue weighted by Crippen LogP contribution is -2.06. The van der Waals surface area contributed by atoms with E-state index in [-0.39, 0.29) is 16.3 Å². The minimum Gasteiger partial charge on any atom is -0.504 e. The molecule has 0 bridgehead atoms. The Labute approximate surface area is 110 Å². The Bertz CT molecular complexity index is 921. The molecule has 98 valence electrons. The van der Waals surface area contributed by atoms with E-state index in [4.69, 9.17) is 17.0 Å². The SMILES string of the molecule is COc1c(O)c(O)cc2c1[nH]c1[nH]c(=S)[nH]c(=O)c12. The van der Waals surface area contributed by atoms with Gasteiger partial charge in [0.15, 0.2) is 16.3 Å². The van der Waals surface area contributed by atoms with Gasteiger partial charge in [0, 0.05) is 5.39 Å². The first-order valence-electron chi connectivity index (χ1n) is 5.30. The van der Waals surface area contributed by atoms with Crippen molar-refractivity contribution in [2.75, 3.05) is 7.11 Å². The van der Waals surface area contributed by atoms with Gasteiger partial charge in [-0.1, -0.05) is 0 Å². The quantitative estimate of drug-likeness (QED) is 0.342. The predicted octanol–water partition coefficient (Wildman–Crippen LogP) is 1.49. The topological polar surface area (TPSA) is 114 Å². The normalized spacial score (nSPS) is 11.2. The summed E-state index contributed by atoms with van der Waals surface area (Å²) in [6.45, 7) is 0. The average Bonchev–Trinajstić information content (AvgIpc) is 2.68. The molecule has 0 fully saturated rings. The van der Waals surface area contributed by atoms with Crippen LogP contribution >= 0.6 is 12.2 Å². The number of ether oxygens (including phenoxy) is 1. The Morgan fingerprint density at radius 2 is 2.00 bits per heavy atom. The highest BCUT2D eigenvalue weighted by atomic mass is 32.1. The zero-order chi connectivity index (χ0) is 13.7. The van der Waals surface area contributed by atoms with Crippen molar-refractivity contribution < 1.29 is 14.9 Å². The van der Waals surface area contributed by atoms with Crippen LogP contribution in [0.3, 0.4) is 0 Å². The summed E-state index contributed by atoms with van der Waals surface area (Å²) in [5, 5.41) is 20.1. The average molecular weight is 279 g/mol. The van der Waals surface area contributed by atoms with Crippen LogP contribution < -0.4 is 10.3 Å². The minimum absolute atomic E-state index is 0.0601. The number of aromatic amines is 3. The number of H-pyrrole nitrogens is 3. The molecule has 0 aliphatic carbocycles. The Balaban J connectivity index is 2.66. The number of rotatable bonds is 1. The molecule has 19 heavy (non-hydrogen) atoms. The van der Waals surface area contributed by atoms with E-state index in [1.54, 1.807) is 0 Å². The molecule has 0 saturated heterocycles. The number of hydrogen-bond donors (Lipinski definition) is 5. The van der Waals surface area contributed by atoms with E-state index >= 15 is 0 Å². The summed E-state index contributed by atoms with van der Waals surface area (Å²) in [5.41, 5.74) is 0.402. The first-order valence-corrected chi connectivity index (χ1v) is 5.70. The van der Waals surface area contributed by atoms with Crippen LogP contribution in [0.25, 0.3) is 21.9 Å². The maximum Gasteiger partial charge on any atom is 0.261 e. The third-order valence-corrected chi connectivity index (χ3v) is 3.11. The zero-order valence-electron chi connectivity index (χ0n) is 9.70. The number of phenolic OH excluding ortho intramolecular Hbond substituents is 2. The van der Waals surface area contributed by atoms with Gasteiger partial charge in [-0.05, 0) is 18.3 Å². The highest BCUT2D eigenvalue weighted by molar-refractivity contribution is 7.71. The predicted molar refractivity (Wildman–Crippen MR) is 71.5 cm³/mol. The van der Waals surface area contributed by atoms with E-state index in [9.17, 15) is 15.0 Å². The van der Waals surface area contributed by atoms with Crippen LogP contribution in [0.5, 0.6) is 17.2 Å². The summed E-state index contributed by atoms with van der Waals surface area (Å²) < 4.78 is 5.22. The summed E-state index contributed by atoms with van der Waals surface area (Å²) in [7, 11) is 1.35. The fraction of sp³-hybridized carbons (Fsp3) is 0.0909. The molecule has 2 heterocycles. The van der Waals surface area contributed by atoms with Crippen molar-refractivity contribution in [3.8, 4) is 17.2 Å². The second kappa shape index (κ2) is 3.75. The fourth-order valence-corrected chi connectivity index (χ4v) is 2.31. The molecule has 0 atom stereocenters. The first kappa shape index (κ1) is 11.6. The van der Waals surface area contributed by atoms with E-state index < -0.39 is 11.3 Å². The van der Waals surface area contributed by atoms with Crippen molar-refractivity contribution in [3.05, 3.63) is 21.2 Å². The van der Waals surface area contributed by atoms with Crippen LogP contribution in [0.2, 0.25) is 0 Å². The van der Waals surface area contributed by atoms with Gasteiger partial charge in [-0.3, -0.25) is 9.78 Å². The smallest absolute Gasteiger partial charge is 0.261 e. The molecule has 0 spiro atoms. The third kappa shape index (κ3) is 1.50. The number of aromatic hydroxyl groups is 2. The van der Waals surface area contributed by atoms with Crippen molar-refractivity contribution in [3.63, 3.8) is 0 Å². The molecular weight excluding hydrogens is 270 g/mol. The number of benzene rings is 1. The summed E-state index contributed by atoms with van der Waals surface area (Å²) >= 11 is 4.88. The second-order valence-corrected chi connectivity index (χ2v) is 4.39. The van der Waals surface area contributed by atoms with E-state index in [2.05, 4.69) is 15.0 Å². The monoisotopic (exact) mass is 279 g/mol. The largest absolute Gasteiger partial charge is 0.504 e. The lowest BCUT2D eigenvalue weighted by atomic mass is 10.1. The van der Waals surface area contributed by atoms with Gasteiger partial charge in [0.2, 0.25) is 5.75 Å². The maximum atomic E-state index is 11.9. The second-order valence-electron chi connectivity index (χ2n) is 3.98. The molecular formula is C11H9N3O4S. The Kier molecular flexibility index (Phi) is 2.29. The number of hydrogen-bond acceptors (Lipinski definition) is 5. The zero-order valence-corrected chi connectivity index (χ0v) is 10.5. The van der Waals surface area contributed by atoms with E-state index in [0.29, 0.717) is 21.9 Å².